The van der Waals surface area contributed by atoms with Crippen LogP contribution in [0.5, 0.6) is 11.5 Å². The van der Waals surface area contributed by atoms with Gasteiger partial charge in [0.2, 0.25) is 0 Å². The van der Waals surface area contributed by atoms with Gasteiger partial charge in [-0.1, -0.05) is 68.5 Å². The zero-order chi connectivity index (χ0) is 28.5. The van der Waals surface area contributed by atoms with Crippen molar-refractivity contribution in [3.63, 3.8) is 0 Å². The highest BCUT2D eigenvalue weighted by molar-refractivity contribution is 7.07. The second-order valence-corrected chi connectivity index (χ2v) is 11.2. The van der Waals surface area contributed by atoms with Gasteiger partial charge in [-0.2, -0.15) is 0 Å². The van der Waals surface area contributed by atoms with Crippen molar-refractivity contribution in [3.05, 3.63) is 90.1 Å². The van der Waals surface area contributed by atoms with E-state index in [1.54, 1.807) is 38.1 Å². The van der Waals surface area contributed by atoms with Crippen LogP contribution in [-0.4, -0.2) is 30.2 Å². The average Bonchev–Trinajstić information content (AvgIpc) is 3.17. The molecule has 0 radical (unpaired) electrons. The van der Waals surface area contributed by atoms with Gasteiger partial charge in [0.15, 0.2) is 16.3 Å². The van der Waals surface area contributed by atoms with Gasteiger partial charge < -0.3 is 14.2 Å². The number of hydrogen-bond donors (Lipinski definition) is 0. The molecule has 1 aromatic heterocycles. The Morgan fingerprint density at radius 2 is 1.82 bits per heavy atom. The SMILES string of the molecule is CCOC(=O)C1=C(C)N=c2sc(=Cc3cccc(OC)c3OC(C)=O)c(=O)n2C1c1ccc(C(C)(C)C)cc1. The van der Waals surface area contributed by atoms with Gasteiger partial charge in [0.1, 0.15) is 0 Å². The maximum Gasteiger partial charge on any atom is 0.338 e. The number of hydrogen-bond acceptors (Lipinski definition) is 8. The minimum atomic E-state index is -0.713. The molecule has 9 heteroatoms. The minimum absolute atomic E-state index is 0.0565. The van der Waals surface area contributed by atoms with E-state index in [-0.39, 0.29) is 23.3 Å². The molecule has 0 saturated heterocycles. The summed E-state index contributed by atoms with van der Waals surface area (Å²) in [6.07, 6.45) is 1.65. The Labute approximate surface area is 230 Å². The van der Waals surface area contributed by atoms with Crippen LogP contribution in [0.4, 0.5) is 0 Å². The Morgan fingerprint density at radius 1 is 1.13 bits per heavy atom. The van der Waals surface area contributed by atoms with Gasteiger partial charge in [-0.05, 0) is 42.5 Å². The van der Waals surface area contributed by atoms with E-state index in [1.807, 2.05) is 24.3 Å². The molecule has 0 spiro atoms. The maximum atomic E-state index is 13.9. The summed E-state index contributed by atoms with van der Waals surface area (Å²) in [5, 5.41) is 0. The van der Waals surface area contributed by atoms with Gasteiger partial charge in [-0.15, -0.1) is 0 Å². The first kappa shape index (κ1) is 28.0. The van der Waals surface area contributed by atoms with Gasteiger partial charge in [-0.25, -0.2) is 9.79 Å². The van der Waals surface area contributed by atoms with E-state index < -0.39 is 18.0 Å². The minimum Gasteiger partial charge on any atom is -0.493 e. The summed E-state index contributed by atoms with van der Waals surface area (Å²) in [4.78, 5) is 43.9. The Morgan fingerprint density at radius 3 is 2.41 bits per heavy atom. The number of allylic oxidation sites excluding steroid dienone is 1. The summed E-state index contributed by atoms with van der Waals surface area (Å²) in [5.41, 5.74) is 2.84. The van der Waals surface area contributed by atoms with Crippen LogP contribution in [0, 0.1) is 0 Å². The topological polar surface area (TPSA) is 96.2 Å². The Bertz CT molecular complexity index is 1640. The lowest BCUT2D eigenvalue weighted by Crippen LogP contribution is -2.40. The summed E-state index contributed by atoms with van der Waals surface area (Å²) in [6, 6.07) is 12.4. The molecule has 4 rings (SSSR count). The Hall–Kier alpha value is -3.98. The molecule has 39 heavy (non-hydrogen) atoms. The molecular weight excluding hydrogens is 516 g/mol. The van der Waals surface area contributed by atoms with Gasteiger partial charge in [-0.3, -0.25) is 14.2 Å². The number of nitrogens with zero attached hydrogens (tertiary/aromatic N) is 2. The molecule has 3 aromatic rings. The molecule has 1 aliphatic heterocycles. The van der Waals surface area contributed by atoms with E-state index in [0.29, 0.717) is 31.9 Å². The zero-order valence-electron chi connectivity index (χ0n) is 23.2. The molecular formula is C30H32N2O6S. The predicted octanol–water partition coefficient (Wildman–Crippen LogP) is 4.03. The lowest BCUT2D eigenvalue weighted by molar-refractivity contribution is -0.139. The van der Waals surface area contributed by atoms with E-state index >= 15 is 0 Å². The zero-order valence-corrected chi connectivity index (χ0v) is 24.0. The smallest absolute Gasteiger partial charge is 0.338 e. The van der Waals surface area contributed by atoms with Crippen LogP contribution < -0.4 is 24.4 Å². The highest BCUT2D eigenvalue weighted by Crippen LogP contribution is 2.33. The number of para-hydroxylation sites is 1. The molecule has 2 aromatic carbocycles. The Kier molecular flexibility index (Phi) is 7.92. The number of thiazole rings is 1. The van der Waals surface area contributed by atoms with Crippen LogP contribution in [0.3, 0.4) is 0 Å². The number of carbonyl (C=O) groups excluding carboxylic acids is 2. The van der Waals surface area contributed by atoms with E-state index in [1.165, 1.54) is 29.9 Å². The van der Waals surface area contributed by atoms with Crippen molar-refractivity contribution in [1.29, 1.82) is 0 Å². The van der Waals surface area contributed by atoms with E-state index in [2.05, 4.69) is 25.8 Å². The van der Waals surface area contributed by atoms with Crippen molar-refractivity contribution in [3.8, 4) is 11.5 Å². The van der Waals surface area contributed by atoms with Crippen molar-refractivity contribution < 1.29 is 23.8 Å². The fourth-order valence-electron chi connectivity index (χ4n) is 4.47. The first-order chi connectivity index (χ1) is 18.5. The lowest BCUT2D eigenvalue weighted by Gasteiger charge is -2.26. The third kappa shape index (κ3) is 5.59. The molecule has 0 fully saturated rings. The molecule has 8 nitrogen and oxygen atoms in total. The number of aromatic nitrogens is 1. The summed E-state index contributed by atoms with van der Waals surface area (Å²) in [5.74, 6) is -0.438. The number of benzene rings is 2. The number of methoxy groups -OCH3 is 1. The molecule has 0 amide bonds. The molecule has 1 unspecified atom stereocenters. The fraction of sp³-hybridized carbons (Fsp3) is 0.333. The number of ether oxygens (including phenoxy) is 3. The molecule has 1 atom stereocenters. The van der Waals surface area contributed by atoms with Gasteiger partial charge in [0.25, 0.3) is 5.56 Å². The monoisotopic (exact) mass is 548 g/mol. The second kappa shape index (κ2) is 11.0. The van der Waals surface area contributed by atoms with Gasteiger partial charge in [0.05, 0.1) is 35.6 Å². The largest absolute Gasteiger partial charge is 0.493 e. The highest BCUT2D eigenvalue weighted by Gasteiger charge is 2.33. The van der Waals surface area contributed by atoms with Gasteiger partial charge >= 0.3 is 11.9 Å². The number of fused-ring (bicyclic) bond motifs is 1. The summed E-state index contributed by atoms with van der Waals surface area (Å²) >= 11 is 1.20. The molecule has 0 aliphatic carbocycles. The molecule has 0 N–H and O–H groups in total. The lowest BCUT2D eigenvalue weighted by atomic mass is 9.85. The van der Waals surface area contributed by atoms with Crippen LogP contribution in [0.25, 0.3) is 6.08 Å². The first-order valence-corrected chi connectivity index (χ1v) is 13.4. The fourth-order valence-corrected chi connectivity index (χ4v) is 5.51. The average molecular weight is 549 g/mol. The van der Waals surface area contributed by atoms with Crippen molar-refractivity contribution in [2.75, 3.05) is 13.7 Å². The first-order valence-electron chi connectivity index (χ1n) is 12.6. The van der Waals surface area contributed by atoms with Crippen LogP contribution >= 0.6 is 11.3 Å². The summed E-state index contributed by atoms with van der Waals surface area (Å²) in [6.45, 7) is 11.4. The number of rotatable bonds is 6. The van der Waals surface area contributed by atoms with E-state index in [9.17, 15) is 14.4 Å². The second-order valence-electron chi connectivity index (χ2n) is 10.1. The van der Waals surface area contributed by atoms with Gasteiger partial charge in [0, 0.05) is 12.5 Å². The van der Waals surface area contributed by atoms with Crippen molar-refractivity contribution >= 4 is 29.4 Å². The van der Waals surface area contributed by atoms with Crippen LogP contribution in [-0.2, 0) is 19.7 Å². The molecule has 1 aliphatic rings. The molecule has 0 bridgehead atoms. The number of esters is 2. The normalized spacial score (nSPS) is 15.5. The van der Waals surface area contributed by atoms with Crippen LogP contribution in [0.2, 0.25) is 0 Å². The van der Waals surface area contributed by atoms with Crippen LogP contribution in [0.15, 0.2) is 63.5 Å². The third-order valence-electron chi connectivity index (χ3n) is 6.37. The van der Waals surface area contributed by atoms with Crippen molar-refractivity contribution in [1.82, 2.24) is 4.57 Å². The van der Waals surface area contributed by atoms with Crippen LogP contribution in [0.1, 0.15) is 64.3 Å². The summed E-state index contributed by atoms with van der Waals surface area (Å²) in [7, 11) is 1.48. The van der Waals surface area contributed by atoms with Crippen molar-refractivity contribution in [2.45, 2.75) is 53.0 Å². The Balaban J connectivity index is 1.95. The van der Waals surface area contributed by atoms with Crippen molar-refractivity contribution in [2.24, 2.45) is 4.99 Å². The predicted molar refractivity (Wildman–Crippen MR) is 150 cm³/mol. The standard InChI is InChI=1S/C30H32N2O6S/c1-8-37-28(35)24-17(2)31-29-32(25(24)19-12-14-21(15-13-19)30(4,5)6)27(34)23(39-29)16-20-10-9-11-22(36-7)26(20)38-18(3)33/h9-16,25H,8H2,1-7H3. The maximum absolute atomic E-state index is 13.9. The quantitative estimate of drug-likeness (QED) is 0.341. The third-order valence-corrected chi connectivity index (χ3v) is 7.35. The summed E-state index contributed by atoms with van der Waals surface area (Å²) < 4.78 is 18.1. The molecule has 0 saturated carbocycles. The van der Waals surface area contributed by atoms with E-state index in [4.69, 9.17) is 14.2 Å². The van der Waals surface area contributed by atoms with E-state index in [0.717, 1.165) is 11.1 Å². The number of carbonyl (C=O) groups is 2. The molecule has 2 heterocycles. The highest BCUT2D eigenvalue weighted by atomic mass is 32.1. The molecule has 204 valence electrons.